The van der Waals surface area contributed by atoms with Crippen LogP contribution in [0.1, 0.15) is 31.2 Å². The van der Waals surface area contributed by atoms with Gasteiger partial charge in [-0.15, -0.1) is 0 Å². The normalized spacial score (nSPS) is 19.4. The summed E-state index contributed by atoms with van der Waals surface area (Å²) in [5, 5.41) is 12.0. The van der Waals surface area contributed by atoms with E-state index in [4.69, 9.17) is 14.7 Å². The number of amides is 1. The van der Waals surface area contributed by atoms with Crippen LogP contribution in [0.25, 0.3) is 0 Å². The van der Waals surface area contributed by atoms with Crippen molar-refractivity contribution in [1.82, 2.24) is 9.88 Å². The lowest BCUT2D eigenvalue weighted by Crippen LogP contribution is -2.48. The number of carbonyl (C=O) groups excluding carboxylic acids is 1. The maximum atomic E-state index is 12.6. The molecule has 1 N–H and O–H groups in total. The van der Waals surface area contributed by atoms with E-state index in [0.717, 1.165) is 69.1 Å². The van der Waals surface area contributed by atoms with Crippen LogP contribution in [0.3, 0.4) is 0 Å². The second-order valence-electron chi connectivity index (χ2n) is 8.31. The Bertz CT molecular complexity index is 1020. The highest BCUT2D eigenvalue weighted by Crippen LogP contribution is 2.47. The van der Waals surface area contributed by atoms with Crippen LogP contribution in [0.4, 0.5) is 11.5 Å². The minimum absolute atomic E-state index is 0.0486. The fourth-order valence-electron chi connectivity index (χ4n) is 4.49. The molecule has 3 aliphatic rings. The van der Waals surface area contributed by atoms with Crippen LogP contribution in [0.2, 0.25) is 0 Å². The van der Waals surface area contributed by atoms with E-state index in [1.807, 2.05) is 18.2 Å². The molecule has 0 unspecified atom stereocenters. The van der Waals surface area contributed by atoms with Crippen molar-refractivity contribution >= 4 is 17.4 Å². The number of pyridine rings is 1. The highest BCUT2D eigenvalue weighted by atomic mass is 16.7. The van der Waals surface area contributed by atoms with Crippen molar-refractivity contribution in [1.29, 1.82) is 5.26 Å². The number of aromatic nitrogens is 1. The minimum Gasteiger partial charge on any atom is -0.448 e. The molecule has 31 heavy (non-hydrogen) atoms. The smallest absolute Gasteiger partial charge is 0.251 e. The lowest BCUT2D eigenvalue weighted by atomic mass is 10.2. The molecule has 0 atom stereocenters. The molecule has 2 aliphatic heterocycles. The second-order valence-corrected chi connectivity index (χ2v) is 8.31. The Balaban J connectivity index is 1.13. The molecule has 2 fully saturated rings. The van der Waals surface area contributed by atoms with E-state index in [0.29, 0.717) is 17.9 Å². The van der Waals surface area contributed by atoms with Gasteiger partial charge in [-0.25, -0.2) is 4.98 Å². The van der Waals surface area contributed by atoms with Crippen molar-refractivity contribution in [3.63, 3.8) is 0 Å². The summed E-state index contributed by atoms with van der Waals surface area (Å²) in [5.74, 6) is 1.73. The first-order valence-electron chi connectivity index (χ1n) is 10.8. The first-order valence-corrected chi connectivity index (χ1v) is 10.8. The first-order chi connectivity index (χ1) is 15.1. The third-order valence-electron chi connectivity index (χ3n) is 6.12. The summed E-state index contributed by atoms with van der Waals surface area (Å²) in [6.45, 7) is 3.38. The highest BCUT2D eigenvalue weighted by molar-refractivity contribution is 5.92. The first kappa shape index (κ1) is 19.6. The number of hydrogen-bond donors (Lipinski definition) is 1. The third-order valence-corrected chi connectivity index (χ3v) is 6.12. The molecular formula is C23H25N5O3. The van der Waals surface area contributed by atoms with Gasteiger partial charge in [0.25, 0.3) is 5.79 Å². The summed E-state index contributed by atoms with van der Waals surface area (Å²) < 4.78 is 12.1. The number of ether oxygens (including phenoxy) is 2. The summed E-state index contributed by atoms with van der Waals surface area (Å²) >= 11 is 0. The SMILES string of the molecule is N#Cc1ccnc(N2CCN(CC(=O)Nc3ccc4c(c3)OC3(CCCC3)O4)CC2)c1. The van der Waals surface area contributed by atoms with Crippen LogP contribution >= 0.6 is 0 Å². The molecule has 5 rings (SSSR count). The number of carbonyl (C=O) groups is 1. The number of fused-ring (bicyclic) bond motifs is 1. The van der Waals surface area contributed by atoms with Gasteiger partial charge in [-0.3, -0.25) is 9.69 Å². The van der Waals surface area contributed by atoms with E-state index >= 15 is 0 Å². The molecule has 160 valence electrons. The Morgan fingerprint density at radius 3 is 2.65 bits per heavy atom. The lowest BCUT2D eigenvalue weighted by Gasteiger charge is -2.35. The van der Waals surface area contributed by atoms with Gasteiger partial charge in [-0.05, 0) is 37.1 Å². The zero-order valence-corrected chi connectivity index (χ0v) is 17.3. The fourth-order valence-corrected chi connectivity index (χ4v) is 4.49. The number of benzene rings is 1. The zero-order chi connectivity index (χ0) is 21.3. The van der Waals surface area contributed by atoms with Gasteiger partial charge in [-0.2, -0.15) is 5.26 Å². The van der Waals surface area contributed by atoms with E-state index in [2.05, 4.69) is 26.2 Å². The average molecular weight is 419 g/mol. The molecule has 8 heteroatoms. The van der Waals surface area contributed by atoms with E-state index in [1.54, 1.807) is 18.3 Å². The highest BCUT2D eigenvalue weighted by Gasteiger charge is 2.44. The van der Waals surface area contributed by atoms with Crippen molar-refractivity contribution in [2.75, 3.05) is 42.9 Å². The number of hydrogen-bond acceptors (Lipinski definition) is 7. The van der Waals surface area contributed by atoms with Crippen LogP contribution in [0.15, 0.2) is 36.5 Å². The van der Waals surface area contributed by atoms with Gasteiger partial charge in [-0.1, -0.05) is 0 Å². The number of anilines is 2. The molecule has 1 aromatic heterocycles. The van der Waals surface area contributed by atoms with E-state index in [-0.39, 0.29) is 5.91 Å². The predicted molar refractivity (Wildman–Crippen MR) is 115 cm³/mol. The van der Waals surface area contributed by atoms with Crippen LogP contribution in [0.5, 0.6) is 11.5 Å². The van der Waals surface area contributed by atoms with Crippen molar-refractivity contribution in [2.24, 2.45) is 0 Å². The molecule has 8 nitrogen and oxygen atoms in total. The molecule has 3 heterocycles. The Hall–Kier alpha value is -3.31. The quantitative estimate of drug-likeness (QED) is 0.815. The molecule has 1 spiro atoms. The molecule has 1 aliphatic carbocycles. The lowest BCUT2D eigenvalue weighted by molar-refractivity contribution is -0.117. The van der Waals surface area contributed by atoms with Gasteiger partial charge in [0.15, 0.2) is 11.5 Å². The zero-order valence-electron chi connectivity index (χ0n) is 17.3. The summed E-state index contributed by atoms with van der Waals surface area (Å²) in [5.41, 5.74) is 1.33. The van der Waals surface area contributed by atoms with Crippen molar-refractivity contribution in [2.45, 2.75) is 31.5 Å². The Kier molecular flexibility index (Phi) is 5.12. The van der Waals surface area contributed by atoms with Crippen molar-refractivity contribution in [3.8, 4) is 17.6 Å². The molecular weight excluding hydrogens is 394 g/mol. The van der Waals surface area contributed by atoms with Gasteiger partial charge in [0.2, 0.25) is 5.91 Å². The summed E-state index contributed by atoms with van der Waals surface area (Å²) in [4.78, 5) is 21.2. The van der Waals surface area contributed by atoms with Crippen LogP contribution in [0, 0.1) is 11.3 Å². The summed E-state index contributed by atoms with van der Waals surface area (Å²) in [6, 6.07) is 11.2. The molecule has 2 aromatic rings. The maximum absolute atomic E-state index is 12.6. The number of nitrogens with one attached hydrogen (secondary N) is 1. The summed E-state index contributed by atoms with van der Waals surface area (Å²) in [6.07, 6.45) is 5.71. The van der Waals surface area contributed by atoms with Crippen molar-refractivity contribution in [3.05, 3.63) is 42.1 Å². The van der Waals surface area contributed by atoms with Gasteiger partial charge >= 0.3 is 0 Å². The molecule has 0 bridgehead atoms. The van der Waals surface area contributed by atoms with Gasteiger partial charge in [0.05, 0.1) is 18.2 Å². The molecule has 1 saturated carbocycles. The predicted octanol–water partition coefficient (Wildman–Crippen LogP) is 2.76. The summed E-state index contributed by atoms with van der Waals surface area (Å²) in [7, 11) is 0. The second kappa shape index (κ2) is 8.08. The number of rotatable bonds is 4. The molecule has 0 radical (unpaired) electrons. The molecule has 1 amide bonds. The Morgan fingerprint density at radius 2 is 1.87 bits per heavy atom. The largest absolute Gasteiger partial charge is 0.448 e. The third kappa shape index (κ3) is 4.14. The average Bonchev–Trinajstić information content (AvgIpc) is 3.39. The topological polar surface area (TPSA) is 90.7 Å². The molecule has 1 saturated heterocycles. The van der Waals surface area contributed by atoms with E-state index in [9.17, 15) is 4.79 Å². The van der Waals surface area contributed by atoms with Gasteiger partial charge < -0.3 is 19.7 Å². The Morgan fingerprint density at radius 1 is 1.10 bits per heavy atom. The van der Waals surface area contributed by atoms with Gasteiger partial charge in [0, 0.05) is 57.0 Å². The Labute approximate surface area is 181 Å². The van der Waals surface area contributed by atoms with Gasteiger partial charge in [0.1, 0.15) is 5.82 Å². The minimum atomic E-state index is -0.494. The molecule has 1 aromatic carbocycles. The van der Waals surface area contributed by atoms with Crippen molar-refractivity contribution < 1.29 is 14.3 Å². The van der Waals surface area contributed by atoms with Crippen LogP contribution in [-0.4, -0.2) is 54.3 Å². The number of nitriles is 1. The monoisotopic (exact) mass is 419 g/mol. The fraction of sp³-hybridized carbons (Fsp3) is 0.435. The maximum Gasteiger partial charge on any atom is 0.251 e. The number of nitrogens with zero attached hydrogens (tertiary/aromatic N) is 4. The standard InChI is InChI=1S/C23H25N5O3/c24-15-17-5-8-25-21(13-17)28-11-9-27(10-12-28)16-22(29)26-18-3-4-19-20(14-18)31-23(30-19)6-1-2-7-23/h3-5,8,13-14H,1-2,6-7,9-12,16H2,(H,26,29). The van der Waals surface area contributed by atoms with E-state index < -0.39 is 5.79 Å². The number of piperazine rings is 1. The van der Waals surface area contributed by atoms with E-state index in [1.165, 1.54) is 0 Å². The van der Waals surface area contributed by atoms with Crippen LogP contribution < -0.4 is 19.7 Å². The van der Waals surface area contributed by atoms with Crippen LogP contribution in [-0.2, 0) is 4.79 Å².